The summed E-state index contributed by atoms with van der Waals surface area (Å²) >= 11 is 0. The lowest BCUT2D eigenvalue weighted by Gasteiger charge is -2.07. The van der Waals surface area contributed by atoms with Crippen LogP contribution in [-0.2, 0) is 11.3 Å². The summed E-state index contributed by atoms with van der Waals surface area (Å²) in [7, 11) is 0. The predicted molar refractivity (Wildman–Crippen MR) is 76.5 cm³/mol. The number of rotatable bonds is 6. The molecule has 0 saturated carbocycles. The van der Waals surface area contributed by atoms with Gasteiger partial charge in [0.2, 0.25) is 5.91 Å². The summed E-state index contributed by atoms with van der Waals surface area (Å²) in [6, 6.07) is 5.70. The maximum absolute atomic E-state index is 12.8. The number of hydrogen-bond donors (Lipinski definition) is 1. The fourth-order valence-electron chi connectivity index (χ4n) is 1.64. The second-order valence-corrected chi connectivity index (χ2v) is 5.13. The lowest BCUT2D eigenvalue weighted by Crippen LogP contribution is -2.30. The summed E-state index contributed by atoms with van der Waals surface area (Å²) in [6.45, 7) is 4.84. The molecule has 0 radical (unpaired) electrons. The van der Waals surface area contributed by atoms with E-state index in [2.05, 4.69) is 10.4 Å². The minimum absolute atomic E-state index is 0.0971. The third kappa shape index (κ3) is 4.91. The molecule has 0 atom stereocenters. The van der Waals surface area contributed by atoms with Crippen LogP contribution in [0.4, 0.5) is 4.39 Å². The van der Waals surface area contributed by atoms with Crippen LogP contribution in [0.1, 0.15) is 13.8 Å². The van der Waals surface area contributed by atoms with Gasteiger partial charge in [0.15, 0.2) is 5.75 Å². The summed E-state index contributed by atoms with van der Waals surface area (Å²) in [4.78, 5) is 11.7. The SMILES string of the molecule is CC(C)CNC(=O)Cn1cc(Oc2ccc(F)cc2)cn1. The van der Waals surface area contributed by atoms with Gasteiger partial charge < -0.3 is 10.1 Å². The van der Waals surface area contributed by atoms with Crippen LogP contribution in [0, 0.1) is 11.7 Å². The molecule has 2 aromatic rings. The van der Waals surface area contributed by atoms with E-state index in [0.717, 1.165) is 0 Å². The summed E-state index contributed by atoms with van der Waals surface area (Å²) in [5, 5.41) is 6.87. The van der Waals surface area contributed by atoms with Gasteiger partial charge in [0, 0.05) is 6.54 Å². The number of ether oxygens (including phenoxy) is 1. The van der Waals surface area contributed by atoms with Gasteiger partial charge in [0.25, 0.3) is 0 Å². The maximum atomic E-state index is 12.8. The Hall–Kier alpha value is -2.37. The second kappa shape index (κ2) is 6.88. The van der Waals surface area contributed by atoms with Gasteiger partial charge in [0.05, 0.1) is 12.4 Å². The Labute approximate surface area is 122 Å². The van der Waals surface area contributed by atoms with Gasteiger partial charge in [-0.3, -0.25) is 9.48 Å². The average Bonchev–Trinajstić information content (AvgIpc) is 2.86. The maximum Gasteiger partial charge on any atom is 0.241 e. The zero-order valence-electron chi connectivity index (χ0n) is 12.0. The molecule has 5 nitrogen and oxygen atoms in total. The zero-order valence-corrected chi connectivity index (χ0v) is 12.0. The standard InChI is InChI=1S/C15H18FN3O2/c1-11(2)7-17-15(20)10-19-9-14(8-18-19)21-13-5-3-12(16)4-6-13/h3-6,8-9,11H,7,10H2,1-2H3,(H,17,20). The van der Waals surface area contributed by atoms with Crippen molar-refractivity contribution in [2.75, 3.05) is 6.54 Å². The summed E-state index contributed by atoms with van der Waals surface area (Å²) in [5.74, 6) is 1.00. The molecule has 2 rings (SSSR count). The molecule has 0 fully saturated rings. The highest BCUT2D eigenvalue weighted by Gasteiger charge is 2.06. The first-order valence-corrected chi connectivity index (χ1v) is 6.75. The number of carbonyl (C=O) groups is 1. The molecule has 112 valence electrons. The van der Waals surface area contributed by atoms with Gasteiger partial charge in [-0.25, -0.2) is 4.39 Å². The van der Waals surface area contributed by atoms with E-state index in [9.17, 15) is 9.18 Å². The monoisotopic (exact) mass is 291 g/mol. The Kier molecular flexibility index (Phi) is 4.92. The molecule has 1 aromatic heterocycles. The third-order valence-electron chi connectivity index (χ3n) is 2.67. The van der Waals surface area contributed by atoms with Crippen molar-refractivity contribution in [3.05, 3.63) is 42.5 Å². The molecule has 0 aliphatic carbocycles. The molecule has 21 heavy (non-hydrogen) atoms. The van der Waals surface area contributed by atoms with E-state index in [1.165, 1.54) is 35.1 Å². The first kappa shape index (κ1) is 15.0. The zero-order chi connectivity index (χ0) is 15.2. The van der Waals surface area contributed by atoms with E-state index in [4.69, 9.17) is 4.74 Å². The van der Waals surface area contributed by atoms with Crippen LogP contribution in [0.2, 0.25) is 0 Å². The Balaban J connectivity index is 1.89. The molecule has 0 aliphatic heterocycles. The molecule has 0 aliphatic rings. The Bertz CT molecular complexity index is 593. The molecule has 0 bridgehead atoms. The summed E-state index contributed by atoms with van der Waals surface area (Å²) in [6.07, 6.45) is 3.14. The number of carbonyl (C=O) groups excluding carboxylic acids is 1. The molecular formula is C15H18FN3O2. The first-order valence-electron chi connectivity index (χ1n) is 6.75. The van der Waals surface area contributed by atoms with E-state index in [1.807, 2.05) is 13.8 Å². The molecule has 1 N–H and O–H groups in total. The van der Waals surface area contributed by atoms with Crippen LogP contribution < -0.4 is 10.1 Å². The van der Waals surface area contributed by atoms with Crippen LogP contribution >= 0.6 is 0 Å². The summed E-state index contributed by atoms with van der Waals surface area (Å²) in [5.41, 5.74) is 0. The minimum atomic E-state index is -0.320. The van der Waals surface area contributed by atoms with Crippen LogP contribution in [0.25, 0.3) is 0 Å². The van der Waals surface area contributed by atoms with Crippen LogP contribution in [0.5, 0.6) is 11.5 Å². The Morgan fingerprint density at radius 1 is 1.33 bits per heavy atom. The van der Waals surface area contributed by atoms with Crippen molar-refractivity contribution in [1.29, 1.82) is 0 Å². The quantitative estimate of drug-likeness (QED) is 0.890. The number of benzene rings is 1. The van der Waals surface area contributed by atoms with E-state index >= 15 is 0 Å². The van der Waals surface area contributed by atoms with E-state index in [1.54, 1.807) is 6.20 Å². The third-order valence-corrected chi connectivity index (χ3v) is 2.67. The van der Waals surface area contributed by atoms with Gasteiger partial charge in [-0.15, -0.1) is 0 Å². The number of aromatic nitrogens is 2. The fraction of sp³-hybridized carbons (Fsp3) is 0.333. The van der Waals surface area contributed by atoms with Crippen molar-refractivity contribution in [3.8, 4) is 11.5 Å². The van der Waals surface area contributed by atoms with Crippen LogP contribution in [-0.4, -0.2) is 22.2 Å². The van der Waals surface area contributed by atoms with Crippen molar-refractivity contribution >= 4 is 5.91 Å². The molecule has 6 heteroatoms. The summed E-state index contributed by atoms with van der Waals surface area (Å²) < 4.78 is 19.8. The molecule has 1 amide bonds. The normalized spacial score (nSPS) is 10.7. The lowest BCUT2D eigenvalue weighted by molar-refractivity contribution is -0.122. The van der Waals surface area contributed by atoms with Gasteiger partial charge >= 0.3 is 0 Å². The Morgan fingerprint density at radius 3 is 2.71 bits per heavy atom. The van der Waals surface area contributed by atoms with E-state index in [-0.39, 0.29) is 18.3 Å². The first-order chi connectivity index (χ1) is 10.0. The van der Waals surface area contributed by atoms with Gasteiger partial charge in [0.1, 0.15) is 18.1 Å². The number of halogens is 1. The largest absolute Gasteiger partial charge is 0.454 e. The van der Waals surface area contributed by atoms with Crippen molar-refractivity contribution in [3.63, 3.8) is 0 Å². The number of amides is 1. The van der Waals surface area contributed by atoms with E-state index in [0.29, 0.717) is 24.0 Å². The smallest absolute Gasteiger partial charge is 0.241 e. The topological polar surface area (TPSA) is 56.2 Å². The van der Waals surface area contributed by atoms with Crippen molar-refractivity contribution in [1.82, 2.24) is 15.1 Å². The van der Waals surface area contributed by atoms with Crippen LogP contribution in [0.3, 0.4) is 0 Å². The van der Waals surface area contributed by atoms with Gasteiger partial charge in [-0.2, -0.15) is 5.10 Å². The molecule has 0 saturated heterocycles. The van der Waals surface area contributed by atoms with Crippen LogP contribution in [0.15, 0.2) is 36.7 Å². The number of hydrogen-bond acceptors (Lipinski definition) is 3. The fourth-order valence-corrected chi connectivity index (χ4v) is 1.64. The minimum Gasteiger partial charge on any atom is -0.454 e. The Morgan fingerprint density at radius 2 is 2.05 bits per heavy atom. The highest BCUT2D eigenvalue weighted by atomic mass is 19.1. The van der Waals surface area contributed by atoms with Crippen molar-refractivity contribution < 1.29 is 13.9 Å². The predicted octanol–water partition coefficient (Wildman–Crippen LogP) is 2.59. The molecule has 1 aromatic carbocycles. The highest BCUT2D eigenvalue weighted by molar-refractivity contribution is 5.75. The van der Waals surface area contributed by atoms with Crippen molar-refractivity contribution in [2.24, 2.45) is 5.92 Å². The van der Waals surface area contributed by atoms with Gasteiger partial charge in [-0.1, -0.05) is 13.8 Å². The van der Waals surface area contributed by atoms with Gasteiger partial charge in [-0.05, 0) is 30.2 Å². The second-order valence-electron chi connectivity index (χ2n) is 5.13. The molecule has 1 heterocycles. The molecule has 0 unspecified atom stereocenters. The average molecular weight is 291 g/mol. The number of nitrogens with one attached hydrogen (secondary N) is 1. The van der Waals surface area contributed by atoms with Crippen molar-refractivity contribution in [2.45, 2.75) is 20.4 Å². The van der Waals surface area contributed by atoms with E-state index < -0.39 is 0 Å². The molecule has 0 spiro atoms. The highest BCUT2D eigenvalue weighted by Crippen LogP contribution is 2.20. The lowest BCUT2D eigenvalue weighted by atomic mass is 10.2. The molecular weight excluding hydrogens is 273 g/mol. The number of nitrogens with zero attached hydrogens (tertiary/aromatic N) is 2.